The second-order valence-corrected chi connectivity index (χ2v) is 14.6. The van der Waals surface area contributed by atoms with E-state index in [1.54, 1.807) is 10.5 Å². The van der Waals surface area contributed by atoms with Crippen LogP contribution in [0.4, 0.5) is 0 Å². The summed E-state index contributed by atoms with van der Waals surface area (Å²) >= 11 is 0. The van der Waals surface area contributed by atoms with Gasteiger partial charge in [0.05, 0.1) is 6.10 Å². The predicted octanol–water partition coefficient (Wildman–Crippen LogP) is 4.78. The van der Waals surface area contributed by atoms with Crippen molar-refractivity contribution in [3.63, 3.8) is 0 Å². The lowest BCUT2D eigenvalue weighted by atomic mass is 9.47. The van der Waals surface area contributed by atoms with Crippen molar-refractivity contribution in [2.75, 3.05) is 26.2 Å². The number of hydrogen-bond donors (Lipinski definition) is 2. The first-order chi connectivity index (χ1) is 17.8. The minimum atomic E-state index is -1.36. The first-order valence-corrected chi connectivity index (χ1v) is 15.5. The molecule has 1 heterocycles. The van der Waals surface area contributed by atoms with Crippen LogP contribution in [0.3, 0.4) is 0 Å². The smallest absolute Gasteiger partial charge is 0.254 e. The summed E-state index contributed by atoms with van der Waals surface area (Å²) in [5, 5.41) is 20.3. The summed E-state index contributed by atoms with van der Waals surface area (Å²) < 4.78 is 0. The Labute approximate surface area is 230 Å². The third-order valence-corrected chi connectivity index (χ3v) is 12.1. The fourth-order valence-corrected chi connectivity index (χ4v) is 9.87. The maximum absolute atomic E-state index is 13.1. The van der Waals surface area contributed by atoms with Gasteiger partial charge in [-0.25, -0.2) is 0 Å². The molecule has 38 heavy (non-hydrogen) atoms. The fourth-order valence-electron chi connectivity index (χ4n) is 9.87. The summed E-state index contributed by atoms with van der Waals surface area (Å²) in [7, 11) is 0. The van der Waals surface area contributed by atoms with E-state index in [2.05, 4.69) is 26.8 Å². The molecule has 1 unspecified atom stereocenters. The number of hydrogen-bond acceptors (Lipinski definition) is 4. The van der Waals surface area contributed by atoms with Gasteiger partial charge < -0.3 is 20.0 Å². The maximum Gasteiger partial charge on any atom is 0.254 e. The monoisotopic (exact) mass is 528 g/mol. The molecule has 0 aromatic carbocycles. The maximum atomic E-state index is 13.1. The molecule has 6 heteroatoms. The van der Waals surface area contributed by atoms with Crippen LogP contribution in [0.15, 0.2) is 11.6 Å². The van der Waals surface area contributed by atoms with Crippen molar-refractivity contribution >= 4 is 11.8 Å². The SMILES string of the molecule is CC(CCC(=O)N1CCN(C(=O)C(C)(C)O)CC1)[C@H]1CC[C@H]2[C@@H]3CC=C4C[C@@H](O)CC[C@]4(C)[C@H]3CC[C@]12C. The Kier molecular flexibility index (Phi) is 7.56. The Morgan fingerprint density at radius 1 is 1.03 bits per heavy atom. The molecule has 0 aromatic heterocycles. The van der Waals surface area contributed by atoms with Crippen molar-refractivity contribution < 1.29 is 19.8 Å². The molecule has 4 fully saturated rings. The van der Waals surface area contributed by atoms with Gasteiger partial charge in [0.1, 0.15) is 5.60 Å². The summed E-state index contributed by atoms with van der Waals surface area (Å²) in [6.07, 6.45) is 13.4. The molecule has 214 valence electrons. The molecule has 3 saturated carbocycles. The van der Waals surface area contributed by atoms with E-state index in [9.17, 15) is 19.8 Å². The van der Waals surface area contributed by atoms with Gasteiger partial charge >= 0.3 is 0 Å². The fraction of sp³-hybridized carbons (Fsp3) is 0.875. The lowest BCUT2D eigenvalue weighted by molar-refractivity contribution is -0.151. The molecule has 8 atom stereocenters. The Balaban J connectivity index is 1.16. The lowest BCUT2D eigenvalue weighted by Crippen LogP contribution is -2.55. The van der Waals surface area contributed by atoms with E-state index in [1.807, 2.05) is 4.90 Å². The Hall–Kier alpha value is -1.40. The molecule has 5 rings (SSSR count). The number of aliphatic hydroxyl groups is 2. The normalized spacial score (nSPS) is 40.1. The van der Waals surface area contributed by atoms with Gasteiger partial charge in [-0.05, 0) is 112 Å². The van der Waals surface area contributed by atoms with Crippen LogP contribution in [0.25, 0.3) is 0 Å². The largest absolute Gasteiger partial charge is 0.393 e. The van der Waals surface area contributed by atoms with Gasteiger partial charge in [0, 0.05) is 32.6 Å². The van der Waals surface area contributed by atoms with Crippen LogP contribution in [0.1, 0.15) is 98.8 Å². The summed E-state index contributed by atoms with van der Waals surface area (Å²) in [4.78, 5) is 29.0. The molecule has 5 aliphatic rings. The molecule has 0 aromatic rings. The molecule has 4 aliphatic carbocycles. The number of fused-ring (bicyclic) bond motifs is 5. The highest BCUT2D eigenvalue weighted by Crippen LogP contribution is 2.67. The number of amides is 2. The minimum Gasteiger partial charge on any atom is -0.393 e. The van der Waals surface area contributed by atoms with Crippen molar-refractivity contribution in [3.8, 4) is 0 Å². The first-order valence-electron chi connectivity index (χ1n) is 15.5. The quantitative estimate of drug-likeness (QED) is 0.503. The van der Waals surface area contributed by atoms with E-state index >= 15 is 0 Å². The lowest BCUT2D eigenvalue weighted by Gasteiger charge is -2.58. The molecule has 6 nitrogen and oxygen atoms in total. The molecular formula is C32H52N2O4. The van der Waals surface area contributed by atoms with E-state index in [-0.39, 0.29) is 17.9 Å². The number of nitrogens with zero attached hydrogens (tertiary/aromatic N) is 2. The van der Waals surface area contributed by atoms with Crippen LogP contribution in [-0.4, -0.2) is 69.7 Å². The summed E-state index contributed by atoms with van der Waals surface area (Å²) in [5.41, 5.74) is 0.861. The third kappa shape index (κ3) is 4.87. The second kappa shape index (κ2) is 10.2. The average Bonchev–Trinajstić information content (AvgIpc) is 3.24. The van der Waals surface area contributed by atoms with Gasteiger partial charge in [0.15, 0.2) is 0 Å². The molecular weight excluding hydrogens is 476 g/mol. The van der Waals surface area contributed by atoms with Gasteiger partial charge in [-0.3, -0.25) is 9.59 Å². The van der Waals surface area contributed by atoms with Crippen LogP contribution >= 0.6 is 0 Å². The van der Waals surface area contributed by atoms with E-state index in [0.717, 1.165) is 43.4 Å². The number of piperazine rings is 1. The van der Waals surface area contributed by atoms with Gasteiger partial charge in [-0.2, -0.15) is 0 Å². The number of carbonyl (C=O) groups is 2. The van der Waals surface area contributed by atoms with Crippen LogP contribution in [0.5, 0.6) is 0 Å². The van der Waals surface area contributed by atoms with Crippen LogP contribution in [0.2, 0.25) is 0 Å². The predicted molar refractivity (Wildman–Crippen MR) is 149 cm³/mol. The van der Waals surface area contributed by atoms with Gasteiger partial charge in [0.2, 0.25) is 5.91 Å². The summed E-state index contributed by atoms with van der Waals surface area (Å²) in [6, 6.07) is 0. The average molecular weight is 529 g/mol. The Bertz CT molecular complexity index is 948. The van der Waals surface area contributed by atoms with Crippen molar-refractivity contribution in [2.45, 2.75) is 111 Å². The van der Waals surface area contributed by atoms with Crippen LogP contribution in [-0.2, 0) is 9.59 Å². The number of rotatable bonds is 5. The van der Waals surface area contributed by atoms with E-state index in [1.165, 1.54) is 46.0 Å². The zero-order chi connectivity index (χ0) is 27.5. The summed E-state index contributed by atoms with van der Waals surface area (Å²) in [6.45, 7) is 12.7. The molecule has 2 N–H and O–H groups in total. The van der Waals surface area contributed by atoms with Crippen molar-refractivity contribution in [1.29, 1.82) is 0 Å². The molecule has 2 amide bonds. The molecule has 0 radical (unpaired) electrons. The number of carbonyl (C=O) groups excluding carboxylic acids is 2. The Morgan fingerprint density at radius 3 is 2.39 bits per heavy atom. The highest BCUT2D eigenvalue weighted by molar-refractivity contribution is 5.84. The van der Waals surface area contributed by atoms with Crippen molar-refractivity contribution in [3.05, 3.63) is 11.6 Å². The molecule has 1 aliphatic heterocycles. The highest BCUT2D eigenvalue weighted by atomic mass is 16.3. The van der Waals surface area contributed by atoms with Gasteiger partial charge in [-0.1, -0.05) is 32.4 Å². The minimum absolute atomic E-state index is 0.141. The molecule has 1 saturated heterocycles. The number of aliphatic hydroxyl groups excluding tert-OH is 1. The molecule has 0 bridgehead atoms. The second-order valence-electron chi connectivity index (χ2n) is 14.6. The highest BCUT2D eigenvalue weighted by Gasteiger charge is 2.59. The zero-order valence-electron chi connectivity index (χ0n) is 24.5. The van der Waals surface area contributed by atoms with Crippen molar-refractivity contribution in [1.82, 2.24) is 9.80 Å². The van der Waals surface area contributed by atoms with Crippen LogP contribution < -0.4 is 0 Å². The summed E-state index contributed by atoms with van der Waals surface area (Å²) in [5.74, 6) is 3.52. The van der Waals surface area contributed by atoms with E-state index in [4.69, 9.17) is 0 Å². The van der Waals surface area contributed by atoms with Gasteiger partial charge in [-0.15, -0.1) is 0 Å². The standard InChI is InChI=1S/C32H52N2O4/c1-21(6-11-28(36)33-16-18-34(19-17-33)29(37)30(2,3)38)25-9-10-26-24-8-7-22-20-23(35)12-14-31(22,4)27(24)13-15-32(25,26)5/h7,21,23-27,35,38H,6,8-20H2,1-5H3/t21?,23-,24-,25+,26-,27-,31-,32+/m0/s1. The Morgan fingerprint density at radius 2 is 1.71 bits per heavy atom. The van der Waals surface area contributed by atoms with Gasteiger partial charge in [0.25, 0.3) is 5.91 Å². The molecule has 0 spiro atoms. The van der Waals surface area contributed by atoms with E-state index < -0.39 is 5.60 Å². The number of allylic oxidation sites excluding steroid dienone is 1. The van der Waals surface area contributed by atoms with E-state index in [0.29, 0.717) is 55.3 Å². The third-order valence-electron chi connectivity index (χ3n) is 12.1. The van der Waals surface area contributed by atoms with Crippen molar-refractivity contribution in [2.24, 2.45) is 40.4 Å². The first kappa shape index (κ1) is 28.1. The zero-order valence-corrected chi connectivity index (χ0v) is 24.5. The topological polar surface area (TPSA) is 81.1 Å². The van der Waals surface area contributed by atoms with Crippen LogP contribution in [0, 0.1) is 40.4 Å².